The number of hydrogen-bond donors (Lipinski definition) is 2. The fraction of sp³-hybridized carbons (Fsp3) is 0.318. The molecule has 0 fully saturated rings. The molecule has 7 nitrogen and oxygen atoms in total. The van der Waals surface area contributed by atoms with Crippen LogP contribution in [0.15, 0.2) is 48.7 Å². The number of ether oxygens (including phenoxy) is 1. The number of benzene rings is 1. The van der Waals surface area contributed by atoms with E-state index in [1.54, 1.807) is 53.1 Å². The minimum absolute atomic E-state index is 0.0735. The van der Waals surface area contributed by atoms with Gasteiger partial charge in [-0.05, 0) is 71.0 Å². The van der Waals surface area contributed by atoms with E-state index in [4.69, 9.17) is 4.74 Å². The highest BCUT2D eigenvalue weighted by molar-refractivity contribution is 6.06. The maximum absolute atomic E-state index is 12.9. The molecule has 3 rings (SSSR count). The molecule has 0 atom stereocenters. The van der Waals surface area contributed by atoms with Gasteiger partial charge in [0.2, 0.25) is 5.82 Å². The van der Waals surface area contributed by atoms with Crippen LogP contribution in [0.4, 0.5) is 5.69 Å². The van der Waals surface area contributed by atoms with Gasteiger partial charge < -0.3 is 15.4 Å². The third-order valence-electron chi connectivity index (χ3n) is 3.94. The van der Waals surface area contributed by atoms with Crippen molar-refractivity contribution in [1.29, 1.82) is 0 Å². The first-order chi connectivity index (χ1) is 13.6. The van der Waals surface area contributed by atoms with Gasteiger partial charge in [0.1, 0.15) is 5.75 Å². The largest absolute Gasteiger partial charge is 0.491 e. The van der Waals surface area contributed by atoms with Crippen molar-refractivity contribution < 1.29 is 14.3 Å². The van der Waals surface area contributed by atoms with Crippen LogP contribution >= 0.6 is 0 Å². The van der Waals surface area contributed by atoms with Crippen LogP contribution in [0, 0.1) is 0 Å². The Labute approximate surface area is 170 Å². The molecule has 2 N–H and O–H groups in total. The second kappa shape index (κ2) is 7.95. The zero-order chi connectivity index (χ0) is 21.2. The van der Waals surface area contributed by atoms with Crippen LogP contribution in [-0.2, 0) is 0 Å². The normalized spacial score (nSPS) is 11.5. The fourth-order valence-corrected chi connectivity index (χ4v) is 2.84. The van der Waals surface area contributed by atoms with Crippen molar-refractivity contribution in [2.24, 2.45) is 0 Å². The maximum Gasteiger partial charge on any atom is 0.292 e. The number of carbonyl (C=O) groups is 2. The molecule has 2 heterocycles. The second-order valence-electron chi connectivity index (χ2n) is 8.09. The number of carbonyl (C=O) groups excluding carboxylic acids is 2. The van der Waals surface area contributed by atoms with Crippen LogP contribution in [0.2, 0.25) is 0 Å². The monoisotopic (exact) mass is 394 g/mol. The molecule has 3 aromatic rings. The predicted octanol–water partition coefficient (Wildman–Crippen LogP) is 3.90. The Morgan fingerprint density at radius 2 is 1.72 bits per heavy atom. The lowest BCUT2D eigenvalue weighted by molar-refractivity contribution is 0.0916. The Bertz CT molecular complexity index is 1030. The first-order valence-corrected chi connectivity index (χ1v) is 9.52. The molecule has 0 bridgehead atoms. The van der Waals surface area contributed by atoms with Gasteiger partial charge in [0, 0.05) is 17.4 Å². The zero-order valence-corrected chi connectivity index (χ0v) is 17.3. The summed E-state index contributed by atoms with van der Waals surface area (Å²) in [5, 5.41) is 5.71. The lowest BCUT2D eigenvalue weighted by atomic mass is 10.1. The number of rotatable bonds is 5. The zero-order valence-electron chi connectivity index (χ0n) is 17.3. The SMILES string of the molecule is CC(C)Oc1ccc(NC(=O)c2nc(C(=O)NC(C)(C)C)c3ccccn23)cc1. The molecule has 0 spiro atoms. The number of hydrogen-bond acceptors (Lipinski definition) is 4. The van der Waals surface area contributed by atoms with E-state index in [9.17, 15) is 9.59 Å². The van der Waals surface area contributed by atoms with Crippen molar-refractivity contribution >= 4 is 23.0 Å². The van der Waals surface area contributed by atoms with Gasteiger partial charge in [0.15, 0.2) is 5.69 Å². The molecule has 0 saturated heterocycles. The molecule has 0 radical (unpaired) electrons. The number of aromatic nitrogens is 2. The average Bonchev–Trinajstić information content (AvgIpc) is 3.01. The number of nitrogens with zero attached hydrogens (tertiary/aromatic N) is 2. The first kappa shape index (κ1) is 20.4. The lowest BCUT2D eigenvalue weighted by Gasteiger charge is -2.19. The number of fused-ring (bicyclic) bond motifs is 1. The van der Waals surface area contributed by atoms with Crippen LogP contribution in [0.1, 0.15) is 55.7 Å². The summed E-state index contributed by atoms with van der Waals surface area (Å²) < 4.78 is 7.23. The Morgan fingerprint density at radius 1 is 1.03 bits per heavy atom. The van der Waals surface area contributed by atoms with Crippen molar-refractivity contribution in [3.05, 3.63) is 60.2 Å². The van der Waals surface area contributed by atoms with Crippen LogP contribution < -0.4 is 15.4 Å². The second-order valence-corrected chi connectivity index (χ2v) is 8.09. The summed E-state index contributed by atoms with van der Waals surface area (Å²) in [7, 11) is 0. The summed E-state index contributed by atoms with van der Waals surface area (Å²) in [4.78, 5) is 29.9. The summed E-state index contributed by atoms with van der Waals surface area (Å²) in [6.45, 7) is 9.58. The number of anilines is 1. The third-order valence-corrected chi connectivity index (χ3v) is 3.94. The molecule has 0 aliphatic rings. The summed E-state index contributed by atoms with van der Waals surface area (Å²) in [6, 6.07) is 12.5. The molecule has 152 valence electrons. The highest BCUT2D eigenvalue weighted by Crippen LogP contribution is 2.19. The summed E-state index contributed by atoms with van der Waals surface area (Å²) >= 11 is 0. The maximum atomic E-state index is 12.9. The predicted molar refractivity (Wildman–Crippen MR) is 113 cm³/mol. The van der Waals surface area contributed by atoms with Gasteiger partial charge in [-0.1, -0.05) is 6.07 Å². The molecule has 0 aliphatic heterocycles. The molecule has 0 aliphatic carbocycles. The summed E-state index contributed by atoms with van der Waals surface area (Å²) in [6.07, 6.45) is 1.79. The quantitative estimate of drug-likeness (QED) is 0.687. The van der Waals surface area contributed by atoms with Crippen LogP contribution in [-0.4, -0.2) is 32.8 Å². The van der Waals surface area contributed by atoms with Crippen LogP contribution in [0.3, 0.4) is 0 Å². The highest BCUT2D eigenvalue weighted by atomic mass is 16.5. The van der Waals surface area contributed by atoms with Crippen molar-refractivity contribution in [1.82, 2.24) is 14.7 Å². The summed E-state index contributed by atoms with van der Waals surface area (Å²) in [5.41, 5.74) is 0.982. The first-order valence-electron chi connectivity index (χ1n) is 9.52. The van der Waals surface area contributed by atoms with E-state index < -0.39 is 11.4 Å². The smallest absolute Gasteiger partial charge is 0.292 e. The molecular formula is C22H26N4O3. The number of nitrogens with one attached hydrogen (secondary N) is 2. The number of amides is 2. The Hall–Kier alpha value is -3.35. The van der Waals surface area contributed by atoms with Gasteiger partial charge in [-0.25, -0.2) is 4.98 Å². The van der Waals surface area contributed by atoms with Crippen molar-refractivity contribution in [2.45, 2.75) is 46.3 Å². The van der Waals surface area contributed by atoms with Crippen molar-refractivity contribution in [3.8, 4) is 5.75 Å². The van der Waals surface area contributed by atoms with E-state index in [-0.39, 0.29) is 23.5 Å². The standard InChI is InChI=1S/C22H26N4O3/c1-14(2)29-16-11-9-15(10-12-16)23-21(28)19-24-18(20(27)25-22(3,4)5)17-8-6-7-13-26(17)19/h6-14H,1-5H3,(H,23,28)(H,25,27). The molecule has 0 saturated carbocycles. The van der Waals surface area contributed by atoms with Gasteiger partial charge in [0.25, 0.3) is 11.8 Å². The Kier molecular flexibility index (Phi) is 5.59. The molecular weight excluding hydrogens is 368 g/mol. The Morgan fingerprint density at radius 3 is 2.34 bits per heavy atom. The van der Waals surface area contributed by atoms with E-state index in [1.807, 2.05) is 34.6 Å². The van der Waals surface area contributed by atoms with Crippen molar-refractivity contribution in [3.63, 3.8) is 0 Å². The molecule has 2 aromatic heterocycles. The van der Waals surface area contributed by atoms with Crippen LogP contribution in [0.5, 0.6) is 5.75 Å². The van der Waals surface area contributed by atoms with E-state index in [0.29, 0.717) is 11.2 Å². The molecule has 29 heavy (non-hydrogen) atoms. The third kappa shape index (κ3) is 4.93. The topological polar surface area (TPSA) is 84.7 Å². The van der Waals surface area contributed by atoms with E-state index in [0.717, 1.165) is 5.75 Å². The van der Waals surface area contributed by atoms with Gasteiger partial charge in [-0.3, -0.25) is 14.0 Å². The van der Waals surface area contributed by atoms with E-state index >= 15 is 0 Å². The van der Waals surface area contributed by atoms with E-state index in [1.165, 1.54) is 0 Å². The lowest BCUT2D eigenvalue weighted by Crippen LogP contribution is -2.40. The number of pyridine rings is 1. The molecule has 0 unspecified atom stereocenters. The van der Waals surface area contributed by atoms with Gasteiger partial charge in [0.05, 0.1) is 11.6 Å². The highest BCUT2D eigenvalue weighted by Gasteiger charge is 2.24. The van der Waals surface area contributed by atoms with Crippen molar-refractivity contribution in [2.75, 3.05) is 5.32 Å². The van der Waals surface area contributed by atoms with Gasteiger partial charge in [-0.2, -0.15) is 0 Å². The van der Waals surface area contributed by atoms with Gasteiger partial charge in [-0.15, -0.1) is 0 Å². The van der Waals surface area contributed by atoms with Crippen LogP contribution in [0.25, 0.3) is 5.52 Å². The Balaban J connectivity index is 1.87. The average molecular weight is 394 g/mol. The van der Waals surface area contributed by atoms with E-state index in [2.05, 4.69) is 15.6 Å². The molecule has 2 amide bonds. The fourth-order valence-electron chi connectivity index (χ4n) is 2.84. The minimum atomic E-state index is -0.413. The minimum Gasteiger partial charge on any atom is -0.491 e. The molecule has 1 aromatic carbocycles. The summed E-state index contributed by atoms with van der Waals surface area (Å²) in [5.74, 6) is 0.140. The number of imidazole rings is 1. The molecule has 7 heteroatoms. The van der Waals surface area contributed by atoms with Gasteiger partial charge >= 0.3 is 0 Å².